The van der Waals surface area contributed by atoms with Gasteiger partial charge in [-0.1, -0.05) is 51.9 Å². The number of allylic oxidation sites excluding steroid dienone is 1. The summed E-state index contributed by atoms with van der Waals surface area (Å²) in [5.74, 6) is -0.0277. The van der Waals surface area contributed by atoms with E-state index in [1.807, 2.05) is 27.7 Å². The van der Waals surface area contributed by atoms with Crippen molar-refractivity contribution in [2.75, 3.05) is 6.38 Å². The smallest absolute Gasteiger partial charge is 0.225 e. The number of hydrogen-bond donors (Lipinski definition) is 1. The molecule has 0 aliphatic carbocycles. The Balaban J connectivity index is -0.000000596. The highest BCUT2D eigenvalue weighted by Gasteiger charge is 2.20. The number of nitrogens with one attached hydrogen (secondary N) is 1. The molecule has 0 saturated carbocycles. The minimum absolute atomic E-state index is 0. The summed E-state index contributed by atoms with van der Waals surface area (Å²) in [6.07, 6.45) is 3.93. The summed E-state index contributed by atoms with van der Waals surface area (Å²) in [7, 11) is 0. The molecule has 0 aliphatic rings. The number of halogens is 2. The number of rotatable bonds is 3. The van der Waals surface area contributed by atoms with Crippen molar-refractivity contribution in [1.82, 2.24) is 5.32 Å². The molecule has 0 unspecified atom stereocenters. The number of benzene rings is 1. The average Bonchev–Trinajstić information content (AvgIpc) is 2.48. The molecule has 0 heterocycles. The first-order chi connectivity index (χ1) is 10.3. The Kier molecular flexibility index (Phi) is 16.5. The lowest BCUT2D eigenvalue weighted by atomic mass is 9.95. The average molecular weight is 362 g/mol. The van der Waals surface area contributed by atoms with E-state index in [1.165, 1.54) is 6.38 Å². The molecule has 1 aromatic carbocycles. The highest BCUT2D eigenvalue weighted by atomic mass is 35.5. The van der Waals surface area contributed by atoms with E-state index in [0.717, 1.165) is 5.56 Å². The quantitative estimate of drug-likeness (QED) is 0.438. The molecule has 3 nitrogen and oxygen atoms in total. The lowest BCUT2D eigenvalue weighted by molar-refractivity contribution is -0.128. The lowest BCUT2D eigenvalue weighted by Gasteiger charge is -2.17. The van der Waals surface area contributed by atoms with E-state index in [2.05, 4.69) is 23.5 Å². The first-order valence-electron chi connectivity index (χ1n) is 6.73. The molecular formula is C18H29Cl2NO2. The minimum atomic E-state index is -0.417. The topological polar surface area (TPSA) is 46.2 Å². The zero-order valence-corrected chi connectivity index (χ0v) is 15.4. The molecule has 5 heteroatoms. The number of amides is 1. The van der Waals surface area contributed by atoms with E-state index in [0.29, 0.717) is 23.4 Å². The Bertz CT molecular complexity index is 480. The fourth-order valence-corrected chi connectivity index (χ4v) is 1.40. The highest BCUT2D eigenvalue weighted by Crippen LogP contribution is 2.17. The number of carbonyl (C=O) groups excluding carboxylic acids is 2. The number of carbonyl (C=O) groups is 2. The van der Waals surface area contributed by atoms with Gasteiger partial charge in [-0.05, 0) is 24.6 Å². The predicted molar refractivity (Wildman–Crippen MR) is 103 cm³/mol. The van der Waals surface area contributed by atoms with Crippen LogP contribution in [0.1, 0.15) is 51.0 Å². The summed E-state index contributed by atoms with van der Waals surface area (Å²) < 4.78 is 0. The maximum absolute atomic E-state index is 11.7. The van der Waals surface area contributed by atoms with E-state index in [9.17, 15) is 9.59 Å². The largest absolute Gasteiger partial charge is 0.352 e. The molecule has 0 aromatic heterocycles. The van der Waals surface area contributed by atoms with Gasteiger partial charge in [0.15, 0.2) is 6.29 Å². The summed E-state index contributed by atoms with van der Waals surface area (Å²) in [5.41, 5.74) is 0.878. The second-order valence-electron chi connectivity index (χ2n) is 5.31. The van der Waals surface area contributed by atoms with Gasteiger partial charge in [-0.15, -0.1) is 18.2 Å². The fraction of sp³-hybridized carbons (Fsp3) is 0.444. The number of hydrogen-bond acceptors (Lipinski definition) is 2. The molecule has 132 valence electrons. The summed E-state index contributed by atoms with van der Waals surface area (Å²) >= 11 is 10.5. The summed E-state index contributed by atoms with van der Waals surface area (Å²) in [6, 6.07) is 5.13. The zero-order chi connectivity index (χ0) is 17.8. The molecule has 0 atom stereocenters. The Hall–Kier alpha value is -1.32. The molecule has 0 aliphatic heterocycles. The van der Waals surface area contributed by atoms with Gasteiger partial charge in [0, 0.05) is 23.9 Å². The van der Waals surface area contributed by atoms with Crippen molar-refractivity contribution >= 4 is 35.4 Å². The van der Waals surface area contributed by atoms with Gasteiger partial charge >= 0.3 is 0 Å². The molecule has 0 spiro atoms. The minimum Gasteiger partial charge on any atom is -0.352 e. The van der Waals surface area contributed by atoms with Crippen LogP contribution in [0.15, 0.2) is 30.9 Å². The Morgan fingerprint density at radius 3 is 2.17 bits per heavy atom. The van der Waals surface area contributed by atoms with Crippen molar-refractivity contribution in [3.63, 3.8) is 0 Å². The lowest BCUT2D eigenvalue weighted by Crippen LogP contribution is -2.34. The fourth-order valence-electron chi connectivity index (χ4n) is 1.24. The first-order valence-corrected chi connectivity index (χ1v) is 7.86. The van der Waals surface area contributed by atoms with Crippen LogP contribution in [0.5, 0.6) is 0 Å². The zero-order valence-electron chi connectivity index (χ0n) is 13.9. The van der Waals surface area contributed by atoms with Crippen molar-refractivity contribution in [2.24, 2.45) is 5.41 Å². The van der Waals surface area contributed by atoms with Crippen LogP contribution in [0.2, 0.25) is 5.02 Å². The summed E-state index contributed by atoms with van der Waals surface area (Å²) in [5, 5.41) is 3.23. The third kappa shape index (κ3) is 11.8. The van der Waals surface area contributed by atoms with Crippen LogP contribution < -0.4 is 5.32 Å². The third-order valence-electron chi connectivity index (χ3n) is 2.32. The monoisotopic (exact) mass is 361 g/mol. The molecule has 1 aromatic rings. The van der Waals surface area contributed by atoms with Crippen LogP contribution in [0.3, 0.4) is 0 Å². The molecule has 1 N–H and O–H groups in total. The van der Waals surface area contributed by atoms with Crippen LogP contribution >= 0.6 is 23.2 Å². The molecular weight excluding hydrogens is 333 g/mol. The molecule has 0 saturated heterocycles. The Labute approximate surface area is 151 Å². The van der Waals surface area contributed by atoms with E-state index in [1.54, 1.807) is 24.3 Å². The van der Waals surface area contributed by atoms with E-state index >= 15 is 0 Å². The normalized spacial score (nSPS) is 9.00. The van der Waals surface area contributed by atoms with Gasteiger partial charge in [0.25, 0.3) is 0 Å². The van der Waals surface area contributed by atoms with Gasteiger partial charge in [-0.25, -0.2) is 0 Å². The van der Waals surface area contributed by atoms with Crippen LogP contribution in [-0.4, -0.2) is 18.6 Å². The molecule has 1 amide bonds. The van der Waals surface area contributed by atoms with Crippen LogP contribution in [0.25, 0.3) is 0 Å². The van der Waals surface area contributed by atoms with Gasteiger partial charge in [-0.3, -0.25) is 9.59 Å². The molecule has 1 rings (SSSR count). The first kappa shape index (κ1) is 26.6. The van der Waals surface area contributed by atoms with E-state index in [-0.39, 0.29) is 13.3 Å². The maximum atomic E-state index is 11.7. The second-order valence-corrected chi connectivity index (χ2v) is 5.72. The van der Waals surface area contributed by atoms with E-state index in [4.69, 9.17) is 11.6 Å². The number of aldehydes is 1. The van der Waals surface area contributed by atoms with Crippen LogP contribution in [0, 0.1) is 5.41 Å². The van der Waals surface area contributed by atoms with Crippen molar-refractivity contribution < 1.29 is 9.59 Å². The Morgan fingerprint density at radius 1 is 1.30 bits per heavy atom. The number of alkyl halides is 1. The van der Waals surface area contributed by atoms with Crippen LogP contribution in [-0.2, 0) is 11.3 Å². The molecule has 0 fully saturated rings. The second kappa shape index (κ2) is 14.3. The van der Waals surface area contributed by atoms with Gasteiger partial charge in [0.05, 0.1) is 5.02 Å². The maximum Gasteiger partial charge on any atom is 0.225 e. The summed E-state index contributed by atoms with van der Waals surface area (Å²) in [4.78, 5) is 22.4. The van der Waals surface area contributed by atoms with Crippen molar-refractivity contribution in [3.8, 4) is 0 Å². The predicted octanol–water partition coefficient (Wildman–Crippen LogP) is 5.50. The van der Waals surface area contributed by atoms with Gasteiger partial charge in [0.2, 0.25) is 5.91 Å². The molecule has 0 radical (unpaired) electrons. The highest BCUT2D eigenvalue weighted by molar-refractivity contribution is 6.32. The molecule has 23 heavy (non-hydrogen) atoms. The molecule has 0 bridgehead atoms. The van der Waals surface area contributed by atoms with Crippen LogP contribution in [0.4, 0.5) is 0 Å². The summed E-state index contributed by atoms with van der Waals surface area (Å²) in [6.45, 7) is 11.2. The van der Waals surface area contributed by atoms with Crippen molar-refractivity contribution in [3.05, 3.63) is 47.0 Å². The van der Waals surface area contributed by atoms with Crippen molar-refractivity contribution in [2.45, 2.75) is 41.7 Å². The third-order valence-corrected chi connectivity index (χ3v) is 2.67. The Morgan fingerprint density at radius 2 is 1.78 bits per heavy atom. The van der Waals surface area contributed by atoms with Gasteiger partial charge < -0.3 is 5.32 Å². The van der Waals surface area contributed by atoms with Gasteiger partial charge in [-0.2, -0.15) is 0 Å². The van der Waals surface area contributed by atoms with Gasteiger partial charge in [0.1, 0.15) is 0 Å². The standard InChI is InChI=1S/C13H16ClNO2.C3H6.CH3Cl.CH4/c1-13(2,3)12(17)15-7-9-4-5-11(14)10(6-9)8-16;1-3-2;1-2;/h4-6,8H,7H2,1-3H3,(H,15,17);3H,1H2,2H3;1H3;1H4. The van der Waals surface area contributed by atoms with Crippen molar-refractivity contribution in [1.29, 1.82) is 0 Å². The van der Waals surface area contributed by atoms with E-state index < -0.39 is 5.41 Å². The SMILES string of the molecule is C.C=CC.CC(C)(C)C(=O)NCc1ccc(Cl)c(C=O)c1.CCl.